The summed E-state index contributed by atoms with van der Waals surface area (Å²) in [6.07, 6.45) is 1.67. The number of anilines is 1. The standard InChI is InChI=1S/C28H26FN5O3/c1-2-37-28(36)24-19-25(34(31-24)26-8-3-4-13-30-26)20-9-11-23(12-10-20)32-14-16-33(17-15-32)27(35)21-6-5-7-22(29)18-21/h3-13,18-19H,2,14-17H2,1H3. The van der Waals surface area contributed by atoms with Crippen molar-refractivity contribution in [1.82, 2.24) is 19.7 Å². The number of carbonyl (C=O) groups is 2. The number of rotatable bonds is 6. The summed E-state index contributed by atoms with van der Waals surface area (Å²) >= 11 is 0. The van der Waals surface area contributed by atoms with Crippen molar-refractivity contribution in [3.63, 3.8) is 0 Å². The molecule has 0 saturated carbocycles. The lowest BCUT2D eigenvalue weighted by Gasteiger charge is -2.36. The van der Waals surface area contributed by atoms with E-state index in [0.29, 0.717) is 37.6 Å². The Kier molecular flexibility index (Phi) is 6.93. The van der Waals surface area contributed by atoms with Gasteiger partial charge in [0.1, 0.15) is 5.82 Å². The van der Waals surface area contributed by atoms with E-state index in [9.17, 15) is 14.0 Å². The zero-order chi connectivity index (χ0) is 25.8. The molecule has 3 heterocycles. The molecule has 0 radical (unpaired) electrons. The Morgan fingerprint density at radius 2 is 1.73 bits per heavy atom. The molecular weight excluding hydrogens is 473 g/mol. The smallest absolute Gasteiger partial charge is 0.358 e. The number of amides is 1. The number of benzene rings is 2. The zero-order valence-electron chi connectivity index (χ0n) is 20.4. The lowest BCUT2D eigenvalue weighted by molar-refractivity contribution is 0.0518. The highest BCUT2D eigenvalue weighted by Gasteiger charge is 2.23. The van der Waals surface area contributed by atoms with Gasteiger partial charge in [-0.2, -0.15) is 5.10 Å². The highest BCUT2D eigenvalue weighted by atomic mass is 19.1. The number of halogens is 1. The molecule has 0 unspecified atom stereocenters. The minimum atomic E-state index is -0.485. The molecule has 1 aliphatic heterocycles. The Labute approximate surface area is 213 Å². The second kappa shape index (κ2) is 10.6. The van der Waals surface area contributed by atoms with Gasteiger partial charge in [-0.1, -0.05) is 24.3 Å². The fraction of sp³-hybridized carbons (Fsp3) is 0.214. The molecule has 8 nitrogen and oxygen atoms in total. The lowest BCUT2D eigenvalue weighted by Crippen LogP contribution is -2.48. The molecule has 188 valence electrons. The number of aromatic nitrogens is 3. The second-order valence-corrected chi connectivity index (χ2v) is 8.57. The molecule has 1 fully saturated rings. The summed E-state index contributed by atoms with van der Waals surface area (Å²) in [5.74, 6) is -0.463. The third kappa shape index (κ3) is 5.20. The SMILES string of the molecule is CCOC(=O)c1cc(-c2ccc(N3CCN(C(=O)c4cccc(F)c4)CC3)cc2)n(-c2ccccn2)n1. The van der Waals surface area contributed by atoms with Crippen LogP contribution in [0.2, 0.25) is 0 Å². The van der Waals surface area contributed by atoms with Gasteiger partial charge in [0.2, 0.25) is 0 Å². The molecule has 0 spiro atoms. The lowest BCUT2D eigenvalue weighted by atomic mass is 10.1. The van der Waals surface area contributed by atoms with E-state index >= 15 is 0 Å². The van der Waals surface area contributed by atoms with Crippen LogP contribution in [0.15, 0.2) is 79.0 Å². The highest BCUT2D eigenvalue weighted by Crippen LogP contribution is 2.27. The Morgan fingerprint density at radius 1 is 0.946 bits per heavy atom. The van der Waals surface area contributed by atoms with Gasteiger partial charge in [0.15, 0.2) is 11.5 Å². The minimum Gasteiger partial charge on any atom is -0.461 e. The van der Waals surface area contributed by atoms with Crippen LogP contribution in [-0.2, 0) is 4.74 Å². The van der Waals surface area contributed by atoms with Gasteiger partial charge in [0, 0.05) is 49.2 Å². The predicted molar refractivity (Wildman–Crippen MR) is 137 cm³/mol. The first kappa shape index (κ1) is 24.2. The molecule has 5 rings (SSSR count). The number of nitrogens with zero attached hydrogens (tertiary/aromatic N) is 5. The monoisotopic (exact) mass is 499 g/mol. The largest absolute Gasteiger partial charge is 0.461 e. The topological polar surface area (TPSA) is 80.6 Å². The summed E-state index contributed by atoms with van der Waals surface area (Å²) in [6.45, 7) is 4.45. The number of hydrogen-bond donors (Lipinski definition) is 0. The van der Waals surface area contributed by atoms with Crippen LogP contribution in [0.25, 0.3) is 17.1 Å². The molecule has 4 aromatic rings. The van der Waals surface area contributed by atoms with Crippen molar-refractivity contribution in [1.29, 1.82) is 0 Å². The van der Waals surface area contributed by atoms with E-state index in [4.69, 9.17) is 4.74 Å². The maximum atomic E-state index is 13.5. The summed E-state index contributed by atoms with van der Waals surface area (Å²) in [4.78, 5) is 33.4. The van der Waals surface area contributed by atoms with Gasteiger partial charge < -0.3 is 14.5 Å². The minimum absolute atomic E-state index is 0.158. The van der Waals surface area contributed by atoms with Crippen molar-refractivity contribution < 1.29 is 18.7 Å². The molecule has 37 heavy (non-hydrogen) atoms. The van der Waals surface area contributed by atoms with Gasteiger partial charge in [-0.05, 0) is 55.5 Å². The third-order valence-electron chi connectivity index (χ3n) is 6.23. The van der Waals surface area contributed by atoms with Crippen LogP contribution in [0, 0.1) is 5.82 Å². The van der Waals surface area contributed by atoms with Crippen LogP contribution in [-0.4, -0.2) is 64.3 Å². The molecule has 0 atom stereocenters. The molecule has 0 aliphatic carbocycles. The van der Waals surface area contributed by atoms with Crippen LogP contribution in [0.1, 0.15) is 27.8 Å². The Hall–Kier alpha value is -4.53. The van der Waals surface area contributed by atoms with Crippen LogP contribution >= 0.6 is 0 Å². The summed E-state index contributed by atoms with van der Waals surface area (Å²) in [5.41, 5.74) is 3.20. The molecule has 9 heteroatoms. The van der Waals surface area contributed by atoms with Crippen molar-refractivity contribution in [2.45, 2.75) is 6.92 Å². The molecule has 1 saturated heterocycles. The van der Waals surface area contributed by atoms with Crippen LogP contribution < -0.4 is 4.90 Å². The van der Waals surface area contributed by atoms with Gasteiger partial charge in [0.25, 0.3) is 5.91 Å². The molecule has 1 amide bonds. The Balaban J connectivity index is 1.32. The summed E-state index contributed by atoms with van der Waals surface area (Å²) in [7, 11) is 0. The molecule has 1 aliphatic rings. The van der Waals surface area contributed by atoms with E-state index in [1.54, 1.807) is 40.9 Å². The number of pyridine rings is 1. The normalized spacial score (nSPS) is 13.5. The van der Waals surface area contributed by atoms with Gasteiger partial charge in [-0.15, -0.1) is 0 Å². The van der Waals surface area contributed by atoms with Gasteiger partial charge in [0.05, 0.1) is 12.3 Å². The van der Waals surface area contributed by atoms with Crippen LogP contribution in [0.3, 0.4) is 0 Å². The van der Waals surface area contributed by atoms with E-state index in [2.05, 4.69) is 15.0 Å². The van der Waals surface area contributed by atoms with Gasteiger partial charge >= 0.3 is 5.97 Å². The van der Waals surface area contributed by atoms with E-state index in [0.717, 1.165) is 16.9 Å². The van der Waals surface area contributed by atoms with Gasteiger partial charge in [-0.3, -0.25) is 4.79 Å². The van der Waals surface area contributed by atoms with Crippen LogP contribution in [0.4, 0.5) is 10.1 Å². The van der Waals surface area contributed by atoms with Crippen molar-refractivity contribution >= 4 is 17.6 Å². The molecule has 2 aromatic carbocycles. The highest BCUT2D eigenvalue weighted by molar-refractivity contribution is 5.94. The molecule has 2 aromatic heterocycles. The number of esters is 1. The number of piperazine rings is 1. The first-order chi connectivity index (χ1) is 18.0. The van der Waals surface area contributed by atoms with Crippen molar-refractivity contribution in [2.75, 3.05) is 37.7 Å². The maximum absolute atomic E-state index is 13.5. The van der Waals surface area contributed by atoms with E-state index in [1.165, 1.54) is 12.1 Å². The zero-order valence-corrected chi connectivity index (χ0v) is 20.4. The summed E-state index contributed by atoms with van der Waals surface area (Å²) in [5, 5.41) is 4.45. The maximum Gasteiger partial charge on any atom is 0.358 e. The number of hydrogen-bond acceptors (Lipinski definition) is 6. The fourth-order valence-electron chi connectivity index (χ4n) is 4.36. The Morgan fingerprint density at radius 3 is 2.41 bits per heavy atom. The molecule has 0 N–H and O–H groups in total. The van der Waals surface area contributed by atoms with Crippen molar-refractivity contribution in [3.8, 4) is 17.1 Å². The quantitative estimate of drug-likeness (QED) is 0.370. The summed E-state index contributed by atoms with van der Waals surface area (Å²) in [6, 6.07) is 21.0. The number of carbonyl (C=O) groups excluding carboxylic acids is 2. The van der Waals surface area contributed by atoms with Crippen LogP contribution in [0.5, 0.6) is 0 Å². The summed E-state index contributed by atoms with van der Waals surface area (Å²) < 4.78 is 20.3. The molecular formula is C28H26FN5O3. The first-order valence-corrected chi connectivity index (χ1v) is 12.1. The van der Waals surface area contributed by atoms with E-state index in [-0.39, 0.29) is 18.2 Å². The van der Waals surface area contributed by atoms with Crippen molar-refractivity contribution in [2.24, 2.45) is 0 Å². The second-order valence-electron chi connectivity index (χ2n) is 8.57. The van der Waals surface area contributed by atoms with Gasteiger partial charge in [-0.25, -0.2) is 18.9 Å². The third-order valence-corrected chi connectivity index (χ3v) is 6.23. The molecule has 0 bridgehead atoms. The van der Waals surface area contributed by atoms with E-state index < -0.39 is 11.8 Å². The average Bonchev–Trinajstić information content (AvgIpc) is 3.39. The fourth-order valence-corrected chi connectivity index (χ4v) is 4.36. The number of ether oxygens (including phenoxy) is 1. The average molecular weight is 500 g/mol. The Bertz CT molecular complexity index is 1400. The predicted octanol–water partition coefficient (Wildman–Crippen LogP) is 4.21. The van der Waals surface area contributed by atoms with E-state index in [1.807, 2.05) is 42.5 Å². The first-order valence-electron chi connectivity index (χ1n) is 12.1. The van der Waals surface area contributed by atoms with Crippen molar-refractivity contribution in [3.05, 3.63) is 96.1 Å².